The highest BCUT2D eigenvalue weighted by Crippen LogP contribution is 2.30. The van der Waals surface area contributed by atoms with E-state index in [0.717, 1.165) is 17.7 Å². The maximum absolute atomic E-state index is 12.2. The van der Waals surface area contributed by atoms with Gasteiger partial charge >= 0.3 is 0 Å². The smallest absolute Gasteiger partial charge is 0.228 e. The zero-order valence-corrected chi connectivity index (χ0v) is 14.0. The lowest BCUT2D eigenvalue weighted by Crippen LogP contribution is -2.14. The molecule has 0 saturated carbocycles. The molecule has 0 unspecified atom stereocenters. The lowest BCUT2D eigenvalue weighted by Gasteiger charge is -2.10. The lowest BCUT2D eigenvalue weighted by atomic mass is 10.1. The van der Waals surface area contributed by atoms with Crippen molar-refractivity contribution >= 4 is 23.2 Å². The van der Waals surface area contributed by atoms with Gasteiger partial charge in [0.15, 0.2) is 11.5 Å². The van der Waals surface area contributed by atoms with Crippen molar-refractivity contribution in [1.82, 2.24) is 0 Å². The Balaban J connectivity index is 1.60. The number of ether oxygens (including phenoxy) is 2. The molecule has 1 heterocycles. The van der Waals surface area contributed by atoms with Crippen LogP contribution in [0.4, 0.5) is 11.4 Å². The Kier molecular flexibility index (Phi) is 5.18. The van der Waals surface area contributed by atoms with Crippen LogP contribution in [-0.2, 0) is 16.0 Å². The predicted molar refractivity (Wildman–Crippen MR) is 95.1 cm³/mol. The Morgan fingerprint density at radius 1 is 0.920 bits per heavy atom. The zero-order chi connectivity index (χ0) is 17.6. The van der Waals surface area contributed by atoms with Gasteiger partial charge in [0.1, 0.15) is 0 Å². The standard InChI is InChI=1S/C19H20N2O4/c1-13(22)20-15-4-6-16(7-5-15)21-19(23)12-14-3-8-17-18(11-14)25-10-2-9-24-17/h3-8,11H,2,9-10,12H2,1H3,(H,20,22)(H,21,23). The Morgan fingerprint density at radius 2 is 1.56 bits per heavy atom. The van der Waals surface area contributed by atoms with Crippen molar-refractivity contribution in [3.63, 3.8) is 0 Å². The van der Waals surface area contributed by atoms with Gasteiger partial charge in [0.2, 0.25) is 11.8 Å². The number of amides is 2. The highest BCUT2D eigenvalue weighted by molar-refractivity contribution is 5.93. The first-order valence-corrected chi connectivity index (χ1v) is 8.16. The number of nitrogens with one attached hydrogen (secondary N) is 2. The van der Waals surface area contributed by atoms with Crippen LogP contribution in [0.1, 0.15) is 18.9 Å². The Hall–Kier alpha value is -3.02. The Morgan fingerprint density at radius 3 is 2.24 bits per heavy atom. The predicted octanol–water partition coefficient (Wildman–Crippen LogP) is 2.99. The van der Waals surface area contributed by atoms with Gasteiger partial charge in [-0.15, -0.1) is 0 Å². The Labute approximate surface area is 146 Å². The van der Waals surface area contributed by atoms with Crippen LogP contribution < -0.4 is 20.1 Å². The first-order valence-electron chi connectivity index (χ1n) is 8.16. The van der Waals surface area contributed by atoms with E-state index in [-0.39, 0.29) is 18.2 Å². The normalized spacial score (nSPS) is 12.8. The van der Waals surface area contributed by atoms with Crippen molar-refractivity contribution in [3.8, 4) is 11.5 Å². The summed E-state index contributed by atoms with van der Waals surface area (Å²) in [6.07, 6.45) is 1.09. The first-order chi connectivity index (χ1) is 12.1. The molecule has 0 atom stereocenters. The van der Waals surface area contributed by atoms with E-state index >= 15 is 0 Å². The summed E-state index contributed by atoms with van der Waals surface area (Å²) in [5.41, 5.74) is 2.22. The number of rotatable bonds is 4. The summed E-state index contributed by atoms with van der Waals surface area (Å²) in [7, 11) is 0. The number of carbonyl (C=O) groups excluding carboxylic acids is 2. The van der Waals surface area contributed by atoms with Gasteiger partial charge in [-0.1, -0.05) is 6.07 Å². The van der Waals surface area contributed by atoms with Gasteiger partial charge in [-0.25, -0.2) is 0 Å². The lowest BCUT2D eigenvalue weighted by molar-refractivity contribution is -0.116. The minimum absolute atomic E-state index is 0.123. The number of benzene rings is 2. The highest BCUT2D eigenvalue weighted by atomic mass is 16.5. The van der Waals surface area contributed by atoms with E-state index in [0.29, 0.717) is 30.3 Å². The van der Waals surface area contributed by atoms with E-state index in [4.69, 9.17) is 9.47 Å². The van der Waals surface area contributed by atoms with E-state index in [1.54, 1.807) is 24.3 Å². The van der Waals surface area contributed by atoms with E-state index < -0.39 is 0 Å². The van der Waals surface area contributed by atoms with Gasteiger partial charge in [-0.2, -0.15) is 0 Å². The molecule has 0 spiro atoms. The molecular weight excluding hydrogens is 320 g/mol. The molecule has 0 aliphatic carbocycles. The minimum atomic E-state index is -0.133. The maximum atomic E-state index is 12.2. The zero-order valence-electron chi connectivity index (χ0n) is 14.0. The molecule has 2 aromatic carbocycles. The second-order valence-corrected chi connectivity index (χ2v) is 5.82. The van der Waals surface area contributed by atoms with Crippen LogP contribution in [0.2, 0.25) is 0 Å². The maximum Gasteiger partial charge on any atom is 0.228 e. The molecule has 0 fully saturated rings. The molecule has 2 N–H and O–H groups in total. The quantitative estimate of drug-likeness (QED) is 0.897. The third-order valence-electron chi connectivity index (χ3n) is 3.67. The summed E-state index contributed by atoms with van der Waals surface area (Å²) in [6.45, 7) is 2.70. The summed E-state index contributed by atoms with van der Waals surface area (Å²) in [5.74, 6) is 1.14. The van der Waals surface area contributed by atoms with Crippen LogP contribution in [0, 0.1) is 0 Å². The minimum Gasteiger partial charge on any atom is -0.490 e. The average molecular weight is 340 g/mol. The van der Waals surface area contributed by atoms with Crippen molar-refractivity contribution in [1.29, 1.82) is 0 Å². The molecule has 6 heteroatoms. The molecular formula is C19H20N2O4. The van der Waals surface area contributed by atoms with Crippen molar-refractivity contribution in [2.24, 2.45) is 0 Å². The van der Waals surface area contributed by atoms with Gasteiger partial charge in [0, 0.05) is 24.7 Å². The van der Waals surface area contributed by atoms with Crippen LogP contribution in [0.5, 0.6) is 11.5 Å². The second-order valence-electron chi connectivity index (χ2n) is 5.82. The number of fused-ring (bicyclic) bond motifs is 1. The average Bonchev–Trinajstić information content (AvgIpc) is 2.81. The van der Waals surface area contributed by atoms with Crippen LogP contribution in [0.15, 0.2) is 42.5 Å². The molecule has 3 rings (SSSR count). The van der Waals surface area contributed by atoms with Gasteiger partial charge in [0.25, 0.3) is 0 Å². The molecule has 0 aromatic heterocycles. The molecule has 6 nitrogen and oxygen atoms in total. The van der Waals surface area contributed by atoms with Crippen LogP contribution >= 0.6 is 0 Å². The fourth-order valence-corrected chi connectivity index (χ4v) is 2.55. The summed E-state index contributed by atoms with van der Waals surface area (Å²) >= 11 is 0. The van der Waals surface area contributed by atoms with Crippen LogP contribution in [0.25, 0.3) is 0 Å². The summed E-state index contributed by atoms with van der Waals surface area (Å²) < 4.78 is 11.2. The van der Waals surface area contributed by atoms with E-state index in [1.807, 2.05) is 18.2 Å². The monoisotopic (exact) mass is 340 g/mol. The molecule has 25 heavy (non-hydrogen) atoms. The number of hydrogen-bond acceptors (Lipinski definition) is 4. The van der Waals surface area contributed by atoms with Crippen LogP contribution in [0.3, 0.4) is 0 Å². The highest BCUT2D eigenvalue weighted by Gasteiger charge is 2.12. The largest absolute Gasteiger partial charge is 0.490 e. The van der Waals surface area contributed by atoms with Crippen molar-refractivity contribution in [2.45, 2.75) is 19.8 Å². The van der Waals surface area contributed by atoms with Crippen molar-refractivity contribution < 1.29 is 19.1 Å². The van der Waals surface area contributed by atoms with E-state index in [2.05, 4.69) is 10.6 Å². The van der Waals surface area contributed by atoms with Crippen molar-refractivity contribution in [2.75, 3.05) is 23.8 Å². The summed E-state index contributed by atoms with van der Waals surface area (Å²) in [4.78, 5) is 23.2. The summed E-state index contributed by atoms with van der Waals surface area (Å²) in [5, 5.41) is 5.52. The third-order valence-corrected chi connectivity index (χ3v) is 3.67. The molecule has 0 saturated heterocycles. The van der Waals surface area contributed by atoms with Gasteiger partial charge in [-0.3, -0.25) is 9.59 Å². The summed E-state index contributed by atoms with van der Waals surface area (Å²) in [6, 6.07) is 12.5. The molecule has 1 aliphatic heterocycles. The van der Waals surface area contributed by atoms with Gasteiger partial charge in [0.05, 0.1) is 19.6 Å². The van der Waals surface area contributed by atoms with E-state index in [9.17, 15) is 9.59 Å². The fraction of sp³-hybridized carbons (Fsp3) is 0.263. The molecule has 2 amide bonds. The molecule has 0 bridgehead atoms. The SMILES string of the molecule is CC(=O)Nc1ccc(NC(=O)Cc2ccc3c(c2)OCCCO3)cc1. The second kappa shape index (κ2) is 7.70. The number of anilines is 2. The number of carbonyl (C=O) groups is 2. The van der Waals surface area contributed by atoms with Crippen molar-refractivity contribution in [3.05, 3.63) is 48.0 Å². The molecule has 1 aliphatic rings. The fourth-order valence-electron chi connectivity index (χ4n) is 2.55. The number of hydrogen-bond donors (Lipinski definition) is 2. The topological polar surface area (TPSA) is 76.7 Å². The van der Waals surface area contributed by atoms with Crippen LogP contribution in [-0.4, -0.2) is 25.0 Å². The van der Waals surface area contributed by atoms with Gasteiger partial charge in [-0.05, 0) is 42.0 Å². The molecule has 2 aromatic rings. The Bertz CT molecular complexity index is 771. The molecule has 130 valence electrons. The molecule has 0 radical (unpaired) electrons. The van der Waals surface area contributed by atoms with Gasteiger partial charge < -0.3 is 20.1 Å². The third kappa shape index (κ3) is 4.73. The van der Waals surface area contributed by atoms with E-state index in [1.165, 1.54) is 6.92 Å². The first kappa shape index (κ1) is 16.8.